The van der Waals surface area contributed by atoms with Gasteiger partial charge in [-0.15, -0.1) is 0 Å². The highest BCUT2D eigenvalue weighted by atomic mass is 15.2. The lowest BCUT2D eigenvalue weighted by molar-refractivity contribution is 0.726. The van der Waals surface area contributed by atoms with Crippen LogP contribution in [0.15, 0.2) is 6.20 Å². The van der Waals surface area contributed by atoms with Crippen molar-refractivity contribution in [3.8, 4) is 6.07 Å². The van der Waals surface area contributed by atoms with Gasteiger partial charge in [-0.3, -0.25) is 0 Å². The normalized spacial score (nSPS) is 16.6. The number of hydrogen-bond acceptors (Lipinski definition) is 4. The summed E-state index contributed by atoms with van der Waals surface area (Å²) in [5.74, 6) is 1.55. The summed E-state index contributed by atoms with van der Waals surface area (Å²) in [6.07, 6.45) is 6.56. The SMILES string of the molecule is Cc1ncc(C#N)c(N2CCCCCC2)n1. The molecule has 0 N–H and O–H groups in total. The van der Waals surface area contributed by atoms with Crippen LogP contribution in [0, 0.1) is 18.3 Å². The molecule has 1 aliphatic rings. The van der Waals surface area contributed by atoms with Crippen molar-refractivity contribution in [2.24, 2.45) is 0 Å². The van der Waals surface area contributed by atoms with Gasteiger partial charge in [0, 0.05) is 13.1 Å². The Morgan fingerprint density at radius 3 is 2.56 bits per heavy atom. The fourth-order valence-electron chi connectivity index (χ4n) is 2.06. The van der Waals surface area contributed by atoms with Crippen LogP contribution in [0.1, 0.15) is 37.1 Å². The molecule has 0 saturated carbocycles. The Morgan fingerprint density at radius 2 is 1.94 bits per heavy atom. The molecule has 1 aromatic rings. The van der Waals surface area contributed by atoms with Crippen LogP contribution in [0.5, 0.6) is 0 Å². The van der Waals surface area contributed by atoms with E-state index in [-0.39, 0.29) is 0 Å². The number of anilines is 1. The number of nitriles is 1. The molecule has 2 heterocycles. The maximum atomic E-state index is 9.05. The average Bonchev–Trinajstić information content (AvgIpc) is 2.57. The second kappa shape index (κ2) is 4.93. The zero-order valence-corrected chi connectivity index (χ0v) is 9.61. The van der Waals surface area contributed by atoms with Gasteiger partial charge in [0.2, 0.25) is 0 Å². The second-order valence-electron chi connectivity index (χ2n) is 4.17. The first-order valence-corrected chi connectivity index (χ1v) is 5.80. The molecular formula is C12H16N4. The van der Waals surface area contributed by atoms with E-state index in [2.05, 4.69) is 20.9 Å². The lowest BCUT2D eigenvalue weighted by atomic mass is 10.2. The van der Waals surface area contributed by atoms with Crippen LogP contribution in [-0.2, 0) is 0 Å². The van der Waals surface area contributed by atoms with E-state index in [1.165, 1.54) is 25.7 Å². The van der Waals surface area contributed by atoms with Crippen molar-refractivity contribution in [1.29, 1.82) is 5.26 Å². The monoisotopic (exact) mass is 216 g/mol. The first kappa shape index (κ1) is 10.9. The number of rotatable bonds is 1. The Labute approximate surface area is 95.9 Å². The standard InChI is InChI=1S/C12H16N4/c1-10-14-9-11(8-13)12(15-10)16-6-4-2-3-5-7-16/h9H,2-7H2,1H3. The van der Waals surface area contributed by atoms with Crippen molar-refractivity contribution < 1.29 is 0 Å². The van der Waals surface area contributed by atoms with Crippen LogP contribution in [0.2, 0.25) is 0 Å². The molecule has 16 heavy (non-hydrogen) atoms. The molecule has 1 aromatic heterocycles. The van der Waals surface area contributed by atoms with E-state index in [0.717, 1.165) is 24.7 Å². The van der Waals surface area contributed by atoms with Gasteiger partial charge in [0.05, 0.1) is 6.20 Å². The number of hydrogen-bond donors (Lipinski definition) is 0. The van der Waals surface area contributed by atoms with Crippen LogP contribution in [-0.4, -0.2) is 23.1 Å². The van der Waals surface area contributed by atoms with Crippen molar-refractivity contribution in [2.45, 2.75) is 32.6 Å². The van der Waals surface area contributed by atoms with E-state index in [9.17, 15) is 0 Å². The summed E-state index contributed by atoms with van der Waals surface area (Å²) < 4.78 is 0. The zero-order chi connectivity index (χ0) is 11.4. The molecule has 0 aromatic carbocycles. The van der Waals surface area contributed by atoms with Gasteiger partial charge in [0.1, 0.15) is 23.3 Å². The van der Waals surface area contributed by atoms with E-state index >= 15 is 0 Å². The van der Waals surface area contributed by atoms with Crippen LogP contribution >= 0.6 is 0 Å². The Bertz CT molecular complexity index is 400. The van der Waals surface area contributed by atoms with Crippen molar-refractivity contribution >= 4 is 5.82 Å². The minimum absolute atomic E-state index is 0.590. The lowest BCUT2D eigenvalue weighted by Gasteiger charge is -2.22. The molecule has 0 bridgehead atoms. The molecule has 1 aliphatic heterocycles. The second-order valence-corrected chi connectivity index (χ2v) is 4.17. The number of aromatic nitrogens is 2. The molecule has 4 nitrogen and oxygen atoms in total. The molecular weight excluding hydrogens is 200 g/mol. The average molecular weight is 216 g/mol. The van der Waals surface area contributed by atoms with Crippen molar-refractivity contribution in [1.82, 2.24) is 9.97 Å². The van der Waals surface area contributed by atoms with Gasteiger partial charge in [0.25, 0.3) is 0 Å². The van der Waals surface area contributed by atoms with E-state index in [0.29, 0.717) is 5.56 Å². The summed E-state index contributed by atoms with van der Waals surface area (Å²) >= 11 is 0. The van der Waals surface area contributed by atoms with Crippen LogP contribution in [0.3, 0.4) is 0 Å². The Balaban J connectivity index is 2.30. The first-order chi connectivity index (χ1) is 7.81. The molecule has 1 fully saturated rings. The maximum absolute atomic E-state index is 9.05. The van der Waals surface area contributed by atoms with Gasteiger partial charge < -0.3 is 4.90 Å². The summed E-state index contributed by atoms with van der Waals surface area (Å²) in [7, 11) is 0. The van der Waals surface area contributed by atoms with E-state index in [1.54, 1.807) is 6.20 Å². The highest BCUT2D eigenvalue weighted by Gasteiger charge is 2.15. The fourth-order valence-corrected chi connectivity index (χ4v) is 2.06. The molecule has 0 radical (unpaired) electrons. The number of nitrogens with zero attached hydrogens (tertiary/aromatic N) is 4. The molecule has 0 spiro atoms. The molecule has 0 unspecified atom stereocenters. The minimum Gasteiger partial charge on any atom is -0.355 e. The van der Waals surface area contributed by atoms with Gasteiger partial charge in [-0.2, -0.15) is 5.26 Å². The molecule has 4 heteroatoms. The molecule has 0 atom stereocenters. The highest BCUT2D eigenvalue weighted by Crippen LogP contribution is 2.20. The van der Waals surface area contributed by atoms with Gasteiger partial charge in [0.15, 0.2) is 0 Å². The summed E-state index contributed by atoms with van der Waals surface area (Å²) in [6.45, 7) is 3.87. The minimum atomic E-state index is 0.590. The molecule has 84 valence electrons. The molecule has 1 saturated heterocycles. The quantitative estimate of drug-likeness (QED) is 0.720. The lowest BCUT2D eigenvalue weighted by Crippen LogP contribution is -2.26. The third-order valence-corrected chi connectivity index (χ3v) is 2.92. The van der Waals surface area contributed by atoms with Crippen molar-refractivity contribution in [2.75, 3.05) is 18.0 Å². The smallest absolute Gasteiger partial charge is 0.150 e. The maximum Gasteiger partial charge on any atom is 0.150 e. The first-order valence-electron chi connectivity index (χ1n) is 5.80. The van der Waals surface area contributed by atoms with E-state index in [4.69, 9.17) is 5.26 Å². The van der Waals surface area contributed by atoms with Gasteiger partial charge in [-0.05, 0) is 19.8 Å². The molecule has 0 amide bonds. The van der Waals surface area contributed by atoms with Gasteiger partial charge in [-0.25, -0.2) is 9.97 Å². The molecule has 0 aliphatic carbocycles. The Kier molecular flexibility index (Phi) is 3.35. The third-order valence-electron chi connectivity index (χ3n) is 2.92. The summed E-state index contributed by atoms with van der Waals surface area (Å²) in [5, 5.41) is 9.05. The Hall–Kier alpha value is -1.63. The highest BCUT2D eigenvalue weighted by molar-refractivity contribution is 5.52. The predicted molar refractivity (Wildman–Crippen MR) is 62.2 cm³/mol. The van der Waals surface area contributed by atoms with Crippen molar-refractivity contribution in [3.63, 3.8) is 0 Å². The van der Waals surface area contributed by atoms with E-state index in [1.807, 2.05) is 6.92 Å². The van der Waals surface area contributed by atoms with Gasteiger partial charge in [-0.1, -0.05) is 12.8 Å². The number of aryl methyl sites for hydroxylation is 1. The summed E-state index contributed by atoms with van der Waals surface area (Å²) in [4.78, 5) is 10.7. The fraction of sp³-hybridized carbons (Fsp3) is 0.583. The third kappa shape index (κ3) is 2.30. The van der Waals surface area contributed by atoms with E-state index < -0.39 is 0 Å². The van der Waals surface area contributed by atoms with Crippen LogP contribution in [0.25, 0.3) is 0 Å². The van der Waals surface area contributed by atoms with Crippen LogP contribution in [0.4, 0.5) is 5.82 Å². The van der Waals surface area contributed by atoms with Gasteiger partial charge >= 0.3 is 0 Å². The topological polar surface area (TPSA) is 52.8 Å². The summed E-state index contributed by atoms with van der Waals surface area (Å²) in [5.41, 5.74) is 0.590. The predicted octanol–water partition coefficient (Wildman–Crippen LogP) is 2.04. The van der Waals surface area contributed by atoms with Crippen molar-refractivity contribution in [3.05, 3.63) is 17.6 Å². The Morgan fingerprint density at radius 1 is 1.25 bits per heavy atom. The largest absolute Gasteiger partial charge is 0.355 e. The zero-order valence-electron chi connectivity index (χ0n) is 9.61. The molecule has 2 rings (SSSR count). The summed E-state index contributed by atoms with van der Waals surface area (Å²) in [6, 6.07) is 2.17. The van der Waals surface area contributed by atoms with Crippen LogP contribution < -0.4 is 4.90 Å².